The number of anilines is 1. The van der Waals surface area contributed by atoms with Crippen molar-refractivity contribution in [3.8, 4) is 22.6 Å². The number of fused-ring (bicyclic) bond motifs is 4. The average Bonchev–Trinajstić information content (AvgIpc) is 3.68. The van der Waals surface area contributed by atoms with Gasteiger partial charge in [-0.05, 0) is 68.7 Å². The first-order valence-corrected chi connectivity index (χ1v) is 15.6. The summed E-state index contributed by atoms with van der Waals surface area (Å²) in [6, 6.07) is 8.30. The van der Waals surface area contributed by atoms with Crippen LogP contribution in [0.5, 0.6) is 0 Å². The highest BCUT2D eigenvalue weighted by Crippen LogP contribution is 2.47. The fraction of sp³-hybridized carbons (Fsp3) is 0.290. The van der Waals surface area contributed by atoms with Crippen molar-refractivity contribution in [1.29, 1.82) is 0 Å². The van der Waals surface area contributed by atoms with Crippen LogP contribution in [0.2, 0.25) is 0 Å². The number of nitrogens with zero attached hydrogens (tertiary/aromatic N) is 4. The average molecular weight is 620 g/mol. The first-order chi connectivity index (χ1) is 21.1. The highest BCUT2D eigenvalue weighted by atomic mass is 32.2. The summed E-state index contributed by atoms with van der Waals surface area (Å²) in [5.74, 6) is -3.58. The van der Waals surface area contributed by atoms with Crippen LogP contribution < -0.4 is 5.32 Å². The third kappa shape index (κ3) is 4.62. The Hall–Kier alpha value is -4.65. The second-order valence-corrected chi connectivity index (χ2v) is 13.3. The Bertz CT molecular complexity index is 2000. The van der Waals surface area contributed by atoms with Gasteiger partial charge in [0.05, 0.1) is 29.5 Å². The van der Waals surface area contributed by atoms with Gasteiger partial charge in [-0.1, -0.05) is 17.7 Å². The highest BCUT2D eigenvalue weighted by molar-refractivity contribution is 7.90. The van der Waals surface area contributed by atoms with E-state index in [1.54, 1.807) is 12.1 Å². The van der Waals surface area contributed by atoms with E-state index < -0.39 is 39.6 Å². The summed E-state index contributed by atoms with van der Waals surface area (Å²) in [6.45, 7) is 1.83. The first-order valence-electron chi connectivity index (χ1n) is 14.2. The highest BCUT2D eigenvalue weighted by Gasteiger charge is 2.47. The Labute approximate surface area is 250 Å². The van der Waals surface area contributed by atoms with E-state index >= 15 is 4.39 Å². The van der Waals surface area contributed by atoms with Gasteiger partial charge in [0.25, 0.3) is 10.0 Å². The SMILES string of the molecule is Cc1ccc(S(=O)(=O)n2cc(-c3nc(NC4C5CCC(CC5)C4C(=O)O)c(F)c(-c4ccoc4)n3)c3cc(F)cnc32)cc1. The molecule has 1 aromatic carbocycles. The number of benzene rings is 1. The number of carbonyl (C=O) groups is 1. The summed E-state index contributed by atoms with van der Waals surface area (Å²) in [6.07, 6.45) is 8.02. The van der Waals surface area contributed by atoms with Gasteiger partial charge in [-0.15, -0.1) is 0 Å². The molecule has 4 heterocycles. The molecule has 8 rings (SSSR count). The van der Waals surface area contributed by atoms with Gasteiger partial charge < -0.3 is 14.8 Å². The fourth-order valence-corrected chi connectivity index (χ4v) is 7.99. The number of pyridine rings is 1. The smallest absolute Gasteiger partial charge is 0.308 e. The van der Waals surface area contributed by atoms with Gasteiger partial charge in [0.2, 0.25) is 0 Å². The summed E-state index contributed by atoms with van der Waals surface area (Å²) < 4.78 is 64.3. The molecule has 2 N–H and O–H groups in total. The minimum atomic E-state index is -4.19. The van der Waals surface area contributed by atoms with Crippen molar-refractivity contribution in [2.45, 2.75) is 43.5 Å². The van der Waals surface area contributed by atoms with Crippen molar-refractivity contribution in [1.82, 2.24) is 18.9 Å². The Morgan fingerprint density at radius 3 is 2.48 bits per heavy atom. The van der Waals surface area contributed by atoms with Crippen LogP contribution in [0, 0.1) is 36.3 Å². The van der Waals surface area contributed by atoms with Gasteiger partial charge in [-0.2, -0.15) is 0 Å². The molecule has 3 saturated carbocycles. The van der Waals surface area contributed by atoms with Crippen LogP contribution in [0.25, 0.3) is 33.7 Å². The van der Waals surface area contributed by atoms with Gasteiger partial charge in [-0.3, -0.25) is 4.79 Å². The third-order valence-corrected chi connectivity index (χ3v) is 10.5. The van der Waals surface area contributed by atoms with E-state index in [-0.39, 0.29) is 56.2 Å². The molecule has 0 amide bonds. The number of aliphatic carboxylic acids is 1. The molecule has 2 atom stereocenters. The molecule has 44 heavy (non-hydrogen) atoms. The quantitative estimate of drug-likeness (QED) is 0.229. The number of rotatable bonds is 7. The summed E-state index contributed by atoms with van der Waals surface area (Å²) in [7, 11) is -4.19. The summed E-state index contributed by atoms with van der Waals surface area (Å²) in [5, 5.41) is 13.3. The van der Waals surface area contributed by atoms with Crippen molar-refractivity contribution in [3.05, 3.63) is 78.5 Å². The molecule has 2 unspecified atom stereocenters. The largest absolute Gasteiger partial charge is 0.481 e. The number of aromatic nitrogens is 4. The van der Waals surface area contributed by atoms with E-state index in [1.807, 2.05) is 6.92 Å². The predicted octanol–water partition coefficient (Wildman–Crippen LogP) is 5.88. The van der Waals surface area contributed by atoms with Gasteiger partial charge in [0.1, 0.15) is 11.5 Å². The molecule has 0 aliphatic heterocycles. The Morgan fingerprint density at radius 1 is 1.07 bits per heavy atom. The number of furan rings is 1. The molecule has 3 aliphatic rings. The molecule has 226 valence electrons. The van der Waals surface area contributed by atoms with Crippen LogP contribution >= 0.6 is 0 Å². The first kappa shape index (κ1) is 28.1. The van der Waals surface area contributed by atoms with Crippen molar-refractivity contribution >= 4 is 32.8 Å². The van der Waals surface area contributed by atoms with E-state index in [2.05, 4.69) is 20.3 Å². The number of nitrogens with one attached hydrogen (secondary N) is 1. The maximum absolute atomic E-state index is 16.1. The Kier molecular flexibility index (Phi) is 6.72. The summed E-state index contributed by atoms with van der Waals surface area (Å²) in [5.41, 5.74) is 1.03. The second-order valence-electron chi connectivity index (χ2n) is 11.5. The fourth-order valence-electron chi connectivity index (χ4n) is 6.66. The minimum Gasteiger partial charge on any atom is -0.481 e. The van der Waals surface area contributed by atoms with Gasteiger partial charge in [0, 0.05) is 28.8 Å². The molecule has 3 fully saturated rings. The molecule has 13 heteroatoms. The van der Waals surface area contributed by atoms with E-state index in [0.29, 0.717) is 0 Å². The molecular formula is C31H27F2N5O5S. The summed E-state index contributed by atoms with van der Waals surface area (Å²) in [4.78, 5) is 25.3. The van der Waals surface area contributed by atoms with Crippen LogP contribution in [0.3, 0.4) is 0 Å². The zero-order valence-corrected chi connectivity index (χ0v) is 24.3. The lowest BCUT2D eigenvalue weighted by molar-refractivity contribution is -0.148. The lowest BCUT2D eigenvalue weighted by atomic mass is 9.61. The lowest BCUT2D eigenvalue weighted by Gasteiger charge is -2.47. The van der Waals surface area contributed by atoms with Crippen molar-refractivity contribution in [3.63, 3.8) is 0 Å². The molecule has 10 nitrogen and oxygen atoms in total. The second kappa shape index (κ2) is 10.5. The third-order valence-electron chi connectivity index (χ3n) is 8.85. The van der Waals surface area contributed by atoms with E-state index in [0.717, 1.165) is 47.5 Å². The van der Waals surface area contributed by atoms with Crippen LogP contribution in [-0.2, 0) is 14.8 Å². The molecule has 0 radical (unpaired) electrons. The molecule has 5 aromatic rings. The molecule has 0 saturated heterocycles. The monoisotopic (exact) mass is 619 g/mol. The van der Waals surface area contributed by atoms with Crippen molar-refractivity contribution < 1.29 is 31.5 Å². The Balaban J connectivity index is 1.41. The zero-order chi connectivity index (χ0) is 30.7. The molecule has 0 spiro atoms. The van der Waals surface area contributed by atoms with E-state index in [9.17, 15) is 22.7 Å². The number of hydrogen-bond acceptors (Lipinski definition) is 8. The number of carboxylic acid groups (broad SMARTS) is 1. The van der Waals surface area contributed by atoms with E-state index in [4.69, 9.17) is 4.42 Å². The molecule has 4 aromatic heterocycles. The summed E-state index contributed by atoms with van der Waals surface area (Å²) >= 11 is 0. The van der Waals surface area contributed by atoms with Crippen molar-refractivity contribution in [2.75, 3.05) is 5.32 Å². The van der Waals surface area contributed by atoms with Crippen molar-refractivity contribution in [2.24, 2.45) is 17.8 Å². The zero-order valence-electron chi connectivity index (χ0n) is 23.4. The van der Waals surface area contributed by atoms with Crippen LogP contribution in [0.4, 0.5) is 14.6 Å². The van der Waals surface area contributed by atoms with E-state index in [1.165, 1.54) is 36.9 Å². The minimum absolute atomic E-state index is 0.00814. The molecule has 3 aliphatic carbocycles. The number of carboxylic acids is 1. The Morgan fingerprint density at radius 2 is 1.80 bits per heavy atom. The maximum Gasteiger partial charge on any atom is 0.308 e. The number of halogens is 2. The number of aryl methyl sites for hydroxylation is 1. The maximum atomic E-state index is 16.1. The standard InChI is InChI=1S/C31H27F2N5O5S/c1-16-2-8-21(9-3-16)44(41,42)38-14-23(22-12-20(32)13-34-30(22)38)28-36-27(19-10-11-43-15-19)25(33)29(37-28)35-26-18-6-4-17(5-7-18)24(26)31(39)40/h2-3,8-15,17-18,24,26H,4-7H2,1H3,(H,39,40)(H,35,36,37). The molecular weight excluding hydrogens is 592 g/mol. The van der Waals surface area contributed by atoms with Gasteiger partial charge in [0.15, 0.2) is 23.1 Å². The predicted molar refractivity (Wildman–Crippen MR) is 156 cm³/mol. The van der Waals surface area contributed by atoms with Crippen LogP contribution in [-0.4, -0.2) is 44.5 Å². The topological polar surface area (TPSA) is 140 Å². The van der Waals surface area contributed by atoms with Crippen LogP contribution in [0.1, 0.15) is 31.2 Å². The normalized spacial score (nSPS) is 21.5. The van der Waals surface area contributed by atoms with Crippen LogP contribution in [0.15, 0.2) is 70.6 Å². The van der Waals surface area contributed by atoms with Gasteiger partial charge >= 0.3 is 5.97 Å². The lowest BCUT2D eigenvalue weighted by Crippen LogP contribution is -2.51. The molecule has 2 bridgehead atoms. The number of hydrogen-bond donors (Lipinski definition) is 2. The van der Waals surface area contributed by atoms with Gasteiger partial charge in [-0.25, -0.2) is 36.1 Å².